The molecule has 0 unspecified atom stereocenters. The van der Waals surface area contributed by atoms with Crippen molar-refractivity contribution in [1.82, 2.24) is 0 Å². The number of rotatable bonds is 4. The second-order valence-electron chi connectivity index (χ2n) is 4.93. The standard InChI is InChI=1S/C16H18ClN3O/c1-11-5-3-4-6-15(11)20(2)10-13-8-7-12(9-14(13)17)16(18)19-21/h3-9,21H,10H2,1-2H3,(H2,18,19). The molecule has 0 fully saturated rings. The Bertz CT molecular complexity index is 670. The molecule has 0 aliphatic heterocycles. The number of para-hydroxylation sites is 1. The number of anilines is 1. The number of hydrogen-bond donors (Lipinski definition) is 2. The molecular formula is C16H18ClN3O. The number of oxime groups is 1. The van der Waals surface area contributed by atoms with Crippen LogP contribution in [0.15, 0.2) is 47.6 Å². The fourth-order valence-electron chi connectivity index (χ4n) is 2.23. The van der Waals surface area contributed by atoms with Crippen LogP contribution < -0.4 is 10.6 Å². The molecule has 0 aromatic heterocycles. The summed E-state index contributed by atoms with van der Waals surface area (Å²) in [4.78, 5) is 2.14. The van der Waals surface area contributed by atoms with Gasteiger partial charge in [-0.3, -0.25) is 0 Å². The predicted octanol–water partition coefficient (Wildman–Crippen LogP) is 3.38. The molecule has 2 aromatic rings. The van der Waals surface area contributed by atoms with Crippen molar-refractivity contribution in [3.8, 4) is 0 Å². The summed E-state index contributed by atoms with van der Waals surface area (Å²) in [6, 6.07) is 13.6. The lowest BCUT2D eigenvalue weighted by Crippen LogP contribution is -2.18. The molecule has 4 nitrogen and oxygen atoms in total. The molecular weight excluding hydrogens is 286 g/mol. The number of hydrogen-bond acceptors (Lipinski definition) is 3. The number of nitrogens with zero attached hydrogens (tertiary/aromatic N) is 2. The predicted molar refractivity (Wildman–Crippen MR) is 87.2 cm³/mol. The maximum Gasteiger partial charge on any atom is 0.170 e. The summed E-state index contributed by atoms with van der Waals surface area (Å²) < 4.78 is 0. The maximum absolute atomic E-state index is 8.68. The van der Waals surface area contributed by atoms with Gasteiger partial charge in [-0.2, -0.15) is 0 Å². The van der Waals surface area contributed by atoms with Crippen molar-refractivity contribution in [2.24, 2.45) is 10.9 Å². The van der Waals surface area contributed by atoms with Gasteiger partial charge in [0.1, 0.15) is 0 Å². The van der Waals surface area contributed by atoms with E-state index in [1.807, 2.05) is 25.2 Å². The fraction of sp³-hybridized carbons (Fsp3) is 0.188. The largest absolute Gasteiger partial charge is 0.409 e. The van der Waals surface area contributed by atoms with E-state index >= 15 is 0 Å². The Labute approximate surface area is 129 Å². The first-order chi connectivity index (χ1) is 10.0. The average molecular weight is 304 g/mol. The van der Waals surface area contributed by atoms with E-state index in [4.69, 9.17) is 22.5 Å². The number of halogens is 1. The lowest BCUT2D eigenvalue weighted by Gasteiger charge is -2.22. The Morgan fingerprint density at radius 1 is 1.29 bits per heavy atom. The zero-order valence-corrected chi connectivity index (χ0v) is 12.8. The van der Waals surface area contributed by atoms with Gasteiger partial charge in [-0.25, -0.2) is 0 Å². The summed E-state index contributed by atoms with van der Waals surface area (Å²) in [5.74, 6) is 0.0516. The van der Waals surface area contributed by atoms with Crippen molar-refractivity contribution in [2.75, 3.05) is 11.9 Å². The molecule has 0 bridgehead atoms. The molecule has 0 atom stereocenters. The summed E-state index contributed by atoms with van der Waals surface area (Å²) in [7, 11) is 2.02. The van der Waals surface area contributed by atoms with Crippen LogP contribution in [-0.4, -0.2) is 18.1 Å². The highest BCUT2D eigenvalue weighted by atomic mass is 35.5. The number of benzene rings is 2. The van der Waals surface area contributed by atoms with Gasteiger partial charge in [0.05, 0.1) is 0 Å². The third-order valence-electron chi connectivity index (χ3n) is 3.39. The number of nitrogens with two attached hydrogens (primary N) is 1. The van der Waals surface area contributed by atoms with E-state index < -0.39 is 0 Å². The van der Waals surface area contributed by atoms with E-state index in [9.17, 15) is 0 Å². The highest BCUT2D eigenvalue weighted by Gasteiger charge is 2.09. The Kier molecular flexibility index (Phi) is 4.70. The molecule has 110 valence electrons. The van der Waals surface area contributed by atoms with Crippen LogP contribution in [0.4, 0.5) is 5.69 Å². The van der Waals surface area contributed by atoms with Crippen LogP contribution in [0.2, 0.25) is 5.02 Å². The van der Waals surface area contributed by atoms with Gasteiger partial charge in [0.25, 0.3) is 0 Å². The Balaban J connectivity index is 2.22. The van der Waals surface area contributed by atoms with Gasteiger partial charge >= 0.3 is 0 Å². The molecule has 0 heterocycles. The van der Waals surface area contributed by atoms with Crippen LogP contribution in [0.1, 0.15) is 16.7 Å². The zero-order chi connectivity index (χ0) is 15.4. The number of aryl methyl sites for hydroxylation is 1. The van der Waals surface area contributed by atoms with Gasteiger partial charge in [-0.1, -0.05) is 47.1 Å². The average Bonchev–Trinajstić information content (AvgIpc) is 2.48. The molecule has 0 amide bonds. The molecule has 0 radical (unpaired) electrons. The van der Waals surface area contributed by atoms with Crippen molar-refractivity contribution >= 4 is 23.1 Å². The second kappa shape index (κ2) is 6.50. The van der Waals surface area contributed by atoms with Crippen molar-refractivity contribution in [1.29, 1.82) is 0 Å². The van der Waals surface area contributed by atoms with Crippen molar-refractivity contribution in [2.45, 2.75) is 13.5 Å². The maximum atomic E-state index is 8.68. The van der Waals surface area contributed by atoms with Crippen molar-refractivity contribution < 1.29 is 5.21 Å². The quantitative estimate of drug-likeness (QED) is 0.394. The van der Waals surface area contributed by atoms with E-state index in [2.05, 4.69) is 29.1 Å². The molecule has 3 N–H and O–H groups in total. The first-order valence-corrected chi connectivity index (χ1v) is 6.94. The van der Waals surface area contributed by atoms with Crippen molar-refractivity contribution in [3.05, 3.63) is 64.2 Å². The van der Waals surface area contributed by atoms with Gasteiger partial charge < -0.3 is 15.8 Å². The van der Waals surface area contributed by atoms with Gasteiger partial charge in [0.2, 0.25) is 0 Å². The molecule has 0 aliphatic rings. The summed E-state index contributed by atoms with van der Waals surface area (Å²) in [5, 5.41) is 12.3. The van der Waals surface area contributed by atoms with Crippen LogP contribution in [0.25, 0.3) is 0 Å². The molecule has 21 heavy (non-hydrogen) atoms. The minimum atomic E-state index is 0.0516. The molecule has 0 saturated carbocycles. The van der Waals surface area contributed by atoms with Crippen LogP contribution in [0.3, 0.4) is 0 Å². The van der Waals surface area contributed by atoms with Gasteiger partial charge in [-0.15, -0.1) is 0 Å². The molecule has 2 rings (SSSR count). The fourth-order valence-corrected chi connectivity index (χ4v) is 2.47. The number of amidine groups is 1. The monoisotopic (exact) mass is 303 g/mol. The molecule has 0 saturated heterocycles. The minimum Gasteiger partial charge on any atom is -0.409 e. The lowest BCUT2D eigenvalue weighted by atomic mass is 10.1. The zero-order valence-electron chi connectivity index (χ0n) is 12.0. The first kappa shape index (κ1) is 15.2. The molecule has 5 heteroatoms. The SMILES string of the molecule is Cc1ccccc1N(C)Cc1ccc(/C(N)=N/O)cc1Cl. The smallest absolute Gasteiger partial charge is 0.170 e. The molecule has 0 spiro atoms. The van der Waals surface area contributed by atoms with Crippen LogP contribution >= 0.6 is 11.6 Å². The summed E-state index contributed by atoms with van der Waals surface area (Å²) in [6.45, 7) is 2.76. The second-order valence-corrected chi connectivity index (χ2v) is 5.34. The van der Waals surface area contributed by atoms with Crippen LogP contribution in [0, 0.1) is 6.92 Å². The third kappa shape index (κ3) is 3.47. The van der Waals surface area contributed by atoms with Gasteiger partial charge in [0.15, 0.2) is 5.84 Å². The molecule has 0 aliphatic carbocycles. The lowest BCUT2D eigenvalue weighted by molar-refractivity contribution is 0.318. The normalized spacial score (nSPS) is 11.5. The Morgan fingerprint density at radius 2 is 2.00 bits per heavy atom. The summed E-state index contributed by atoms with van der Waals surface area (Å²) in [5.41, 5.74) is 9.51. The highest BCUT2D eigenvalue weighted by Crippen LogP contribution is 2.24. The topological polar surface area (TPSA) is 61.8 Å². The summed E-state index contributed by atoms with van der Waals surface area (Å²) in [6.07, 6.45) is 0. The van der Waals surface area contributed by atoms with E-state index in [-0.39, 0.29) is 5.84 Å². The minimum absolute atomic E-state index is 0.0516. The van der Waals surface area contributed by atoms with E-state index in [0.717, 1.165) is 11.3 Å². The Hall–Kier alpha value is -2.20. The van der Waals surface area contributed by atoms with E-state index in [1.54, 1.807) is 12.1 Å². The molecule has 2 aromatic carbocycles. The Morgan fingerprint density at radius 3 is 2.62 bits per heavy atom. The van der Waals surface area contributed by atoms with Crippen LogP contribution in [0.5, 0.6) is 0 Å². The van der Waals surface area contributed by atoms with E-state index in [0.29, 0.717) is 17.1 Å². The van der Waals surface area contributed by atoms with Crippen LogP contribution in [-0.2, 0) is 6.54 Å². The third-order valence-corrected chi connectivity index (χ3v) is 3.74. The van der Waals surface area contributed by atoms with Gasteiger partial charge in [-0.05, 0) is 30.2 Å². The van der Waals surface area contributed by atoms with E-state index in [1.165, 1.54) is 5.56 Å². The summed E-state index contributed by atoms with van der Waals surface area (Å²) >= 11 is 6.28. The van der Waals surface area contributed by atoms with Crippen molar-refractivity contribution in [3.63, 3.8) is 0 Å². The first-order valence-electron chi connectivity index (χ1n) is 6.56. The highest BCUT2D eigenvalue weighted by molar-refractivity contribution is 6.31. The van der Waals surface area contributed by atoms with Gasteiger partial charge in [0, 0.05) is 29.9 Å².